The normalized spacial score (nSPS) is 30.7. The fraction of sp³-hybridized carbons (Fsp3) is 0.625. The molecular formula is C16H23ClO2. The summed E-state index contributed by atoms with van der Waals surface area (Å²) in [5, 5.41) is 0. The number of halogens is 1. The maximum Gasteiger partial charge on any atom is 0.0716 e. The zero-order valence-electron chi connectivity index (χ0n) is 11.8. The van der Waals surface area contributed by atoms with Crippen LogP contribution < -0.4 is 0 Å². The van der Waals surface area contributed by atoms with Gasteiger partial charge in [0.2, 0.25) is 0 Å². The van der Waals surface area contributed by atoms with Gasteiger partial charge in [0, 0.05) is 17.9 Å². The van der Waals surface area contributed by atoms with E-state index in [4.69, 9.17) is 21.1 Å². The standard InChI is InChI=1S/C16H23ClO2/c1-13-10-16(12-17,14(2)19-13)8-9-18-11-15-6-4-3-5-7-15/h3-7,13-14H,8-12H2,1-2H3. The van der Waals surface area contributed by atoms with Gasteiger partial charge in [0.1, 0.15) is 0 Å². The van der Waals surface area contributed by atoms with Crippen molar-refractivity contribution in [3.05, 3.63) is 35.9 Å². The van der Waals surface area contributed by atoms with Crippen molar-refractivity contribution in [3.63, 3.8) is 0 Å². The average molecular weight is 283 g/mol. The highest BCUT2D eigenvalue weighted by Crippen LogP contribution is 2.42. The van der Waals surface area contributed by atoms with Gasteiger partial charge in [0.25, 0.3) is 0 Å². The van der Waals surface area contributed by atoms with E-state index in [-0.39, 0.29) is 11.5 Å². The molecule has 2 rings (SSSR count). The Bertz CT molecular complexity index is 382. The van der Waals surface area contributed by atoms with Gasteiger partial charge in [0.05, 0.1) is 18.8 Å². The van der Waals surface area contributed by atoms with Crippen molar-refractivity contribution in [3.8, 4) is 0 Å². The summed E-state index contributed by atoms with van der Waals surface area (Å²) in [6.07, 6.45) is 2.53. The summed E-state index contributed by atoms with van der Waals surface area (Å²) >= 11 is 6.19. The predicted molar refractivity (Wildman–Crippen MR) is 78.5 cm³/mol. The van der Waals surface area contributed by atoms with Gasteiger partial charge in [-0.1, -0.05) is 30.3 Å². The van der Waals surface area contributed by atoms with Crippen LogP contribution in [0.2, 0.25) is 0 Å². The monoisotopic (exact) mass is 282 g/mol. The van der Waals surface area contributed by atoms with Crippen LogP contribution >= 0.6 is 11.6 Å². The maximum absolute atomic E-state index is 6.19. The van der Waals surface area contributed by atoms with Gasteiger partial charge in [0.15, 0.2) is 0 Å². The van der Waals surface area contributed by atoms with Gasteiger partial charge in [-0.2, -0.15) is 0 Å². The Kier molecular flexibility index (Phi) is 5.26. The van der Waals surface area contributed by atoms with E-state index >= 15 is 0 Å². The third kappa shape index (κ3) is 3.71. The number of alkyl halides is 1. The van der Waals surface area contributed by atoms with E-state index in [1.165, 1.54) is 5.56 Å². The van der Waals surface area contributed by atoms with Crippen molar-refractivity contribution >= 4 is 11.6 Å². The Morgan fingerprint density at radius 3 is 2.63 bits per heavy atom. The molecular weight excluding hydrogens is 260 g/mol. The van der Waals surface area contributed by atoms with Crippen LogP contribution in [0.5, 0.6) is 0 Å². The van der Waals surface area contributed by atoms with E-state index in [1.54, 1.807) is 0 Å². The lowest BCUT2D eigenvalue weighted by Crippen LogP contribution is -2.32. The first-order valence-corrected chi connectivity index (χ1v) is 7.53. The molecule has 0 saturated carbocycles. The van der Waals surface area contributed by atoms with E-state index in [1.807, 2.05) is 18.2 Å². The molecule has 1 heterocycles. The lowest BCUT2D eigenvalue weighted by atomic mass is 9.79. The number of hydrogen-bond donors (Lipinski definition) is 0. The van der Waals surface area contributed by atoms with Crippen molar-refractivity contribution in [2.24, 2.45) is 5.41 Å². The summed E-state index contributed by atoms with van der Waals surface area (Å²) in [6.45, 7) is 5.66. The Morgan fingerprint density at radius 1 is 1.32 bits per heavy atom. The number of ether oxygens (including phenoxy) is 2. The van der Waals surface area contributed by atoms with E-state index < -0.39 is 0 Å². The second kappa shape index (κ2) is 6.74. The molecule has 0 aromatic heterocycles. The zero-order valence-corrected chi connectivity index (χ0v) is 12.5. The third-order valence-electron chi connectivity index (χ3n) is 4.11. The van der Waals surface area contributed by atoms with Gasteiger partial charge in [-0.3, -0.25) is 0 Å². The van der Waals surface area contributed by atoms with Gasteiger partial charge in [-0.25, -0.2) is 0 Å². The highest BCUT2D eigenvalue weighted by Gasteiger charge is 2.43. The van der Waals surface area contributed by atoms with E-state index in [0.29, 0.717) is 18.6 Å². The first kappa shape index (κ1) is 14.8. The van der Waals surface area contributed by atoms with Crippen molar-refractivity contribution in [1.82, 2.24) is 0 Å². The average Bonchev–Trinajstić information content (AvgIpc) is 2.71. The van der Waals surface area contributed by atoms with Crippen LogP contribution in [0.15, 0.2) is 30.3 Å². The molecule has 1 aromatic carbocycles. The van der Waals surface area contributed by atoms with Crippen LogP contribution in [0.25, 0.3) is 0 Å². The molecule has 3 atom stereocenters. The lowest BCUT2D eigenvalue weighted by Gasteiger charge is -2.29. The topological polar surface area (TPSA) is 18.5 Å². The summed E-state index contributed by atoms with van der Waals surface area (Å²) < 4.78 is 11.6. The fourth-order valence-electron chi connectivity index (χ4n) is 2.85. The summed E-state index contributed by atoms with van der Waals surface area (Å²) in [5.41, 5.74) is 1.30. The Hall–Kier alpha value is -0.570. The predicted octanol–water partition coefficient (Wildman–Crippen LogP) is 4.02. The minimum Gasteiger partial charge on any atom is -0.377 e. The molecule has 1 aliphatic heterocycles. The lowest BCUT2D eigenvalue weighted by molar-refractivity contribution is 0.0201. The van der Waals surface area contributed by atoms with Crippen LogP contribution in [0.3, 0.4) is 0 Å². The molecule has 1 fully saturated rings. The molecule has 2 nitrogen and oxygen atoms in total. The third-order valence-corrected chi connectivity index (χ3v) is 4.65. The van der Waals surface area contributed by atoms with Crippen molar-refractivity contribution < 1.29 is 9.47 Å². The van der Waals surface area contributed by atoms with Crippen LogP contribution in [-0.2, 0) is 16.1 Å². The van der Waals surface area contributed by atoms with E-state index in [9.17, 15) is 0 Å². The molecule has 0 bridgehead atoms. The van der Waals surface area contributed by atoms with Crippen molar-refractivity contribution in [2.45, 2.75) is 45.5 Å². The molecule has 106 valence electrons. The molecule has 0 amide bonds. The molecule has 1 saturated heterocycles. The number of rotatable bonds is 6. The van der Waals surface area contributed by atoms with Gasteiger partial charge >= 0.3 is 0 Å². The first-order valence-electron chi connectivity index (χ1n) is 6.99. The van der Waals surface area contributed by atoms with Crippen molar-refractivity contribution in [2.75, 3.05) is 12.5 Å². The van der Waals surface area contributed by atoms with Crippen molar-refractivity contribution in [1.29, 1.82) is 0 Å². The van der Waals surface area contributed by atoms with Crippen LogP contribution in [0, 0.1) is 5.41 Å². The highest BCUT2D eigenvalue weighted by atomic mass is 35.5. The molecule has 19 heavy (non-hydrogen) atoms. The molecule has 0 N–H and O–H groups in total. The maximum atomic E-state index is 6.19. The molecule has 1 aromatic rings. The smallest absolute Gasteiger partial charge is 0.0716 e. The zero-order chi connectivity index (χ0) is 13.7. The molecule has 0 aliphatic carbocycles. The van der Waals surface area contributed by atoms with Crippen LogP contribution in [-0.4, -0.2) is 24.7 Å². The molecule has 1 aliphatic rings. The summed E-state index contributed by atoms with van der Waals surface area (Å²) in [4.78, 5) is 0. The fourth-order valence-corrected chi connectivity index (χ4v) is 3.31. The largest absolute Gasteiger partial charge is 0.377 e. The first-order chi connectivity index (χ1) is 9.16. The minimum atomic E-state index is 0.0810. The second-order valence-electron chi connectivity index (χ2n) is 5.58. The van der Waals surface area contributed by atoms with Gasteiger partial charge in [-0.15, -0.1) is 11.6 Å². The van der Waals surface area contributed by atoms with Gasteiger partial charge in [-0.05, 0) is 32.3 Å². The van der Waals surface area contributed by atoms with Gasteiger partial charge < -0.3 is 9.47 Å². The summed E-state index contributed by atoms with van der Waals surface area (Å²) in [7, 11) is 0. The molecule has 0 radical (unpaired) electrons. The van der Waals surface area contributed by atoms with E-state index in [0.717, 1.165) is 19.4 Å². The minimum absolute atomic E-state index is 0.0810. The summed E-state index contributed by atoms with van der Waals surface area (Å²) in [5.74, 6) is 0.646. The SMILES string of the molecule is CC1CC(CCl)(CCOCc2ccccc2)C(C)O1. The number of hydrogen-bond acceptors (Lipinski definition) is 2. The number of benzene rings is 1. The highest BCUT2D eigenvalue weighted by molar-refractivity contribution is 6.18. The molecule has 0 spiro atoms. The van der Waals surface area contributed by atoms with Crippen LogP contribution in [0.1, 0.15) is 32.3 Å². The Balaban J connectivity index is 1.78. The quantitative estimate of drug-likeness (QED) is 0.580. The summed E-state index contributed by atoms with van der Waals surface area (Å²) in [6, 6.07) is 10.3. The Labute approximate surface area is 121 Å². The molecule has 3 unspecified atom stereocenters. The molecule has 3 heteroatoms. The Morgan fingerprint density at radius 2 is 2.05 bits per heavy atom. The second-order valence-corrected chi connectivity index (χ2v) is 5.84. The van der Waals surface area contributed by atoms with Crippen LogP contribution in [0.4, 0.5) is 0 Å². The van der Waals surface area contributed by atoms with E-state index in [2.05, 4.69) is 26.0 Å².